The molecule has 3 nitrogen and oxygen atoms in total. The van der Waals surface area contributed by atoms with Gasteiger partial charge >= 0.3 is 0 Å². The Hall–Kier alpha value is -2.34. The number of hydrogen-bond acceptors (Lipinski definition) is 2. The van der Waals surface area contributed by atoms with Crippen LogP contribution in [-0.4, -0.2) is 17.5 Å². The second kappa shape index (κ2) is 7.96. The first-order valence-corrected chi connectivity index (χ1v) is 6.56. The first-order valence-electron chi connectivity index (χ1n) is 6.56. The lowest BCUT2D eigenvalue weighted by atomic mass is 10.0. The first kappa shape index (κ1) is 15.7. The molecule has 0 radical (unpaired) electrons. The van der Waals surface area contributed by atoms with E-state index in [1.165, 1.54) is 0 Å². The zero-order valence-electron chi connectivity index (χ0n) is 12.2. The molecule has 104 valence electrons. The van der Waals surface area contributed by atoms with E-state index in [4.69, 9.17) is 0 Å². The quantitative estimate of drug-likeness (QED) is 0.363. The van der Waals surface area contributed by atoms with Crippen LogP contribution in [0.15, 0.2) is 35.5 Å². The molecular formula is C17H20N2O. The van der Waals surface area contributed by atoms with Crippen molar-refractivity contribution in [2.45, 2.75) is 33.1 Å². The van der Waals surface area contributed by atoms with Crippen molar-refractivity contribution in [3.63, 3.8) is 0 Å². The lowest BCUT2D eigenvalue weighted by molar-refractivity contribution is -0.108. The Morgan fingerprint density at radius 3 is 2.95 bits per heavy atom. The molecule has 1 rings (SSSR count). The minimum atomic E-state index is 0.173. The van der Waals surface area contributed by atoms with Gasteiger partial charge in [0, 0.05) is 41.6 Å². The van der Waals surface area contributed by atoms with Crippen LogP contribution in [-0.2, 0) is 4.79 Å². The van der Waals surface area contributed by atoms with Gasteiger partial charge in [0.05, 0.1) is 5.70 Å². The minimum Gasteiger partial charge on any atom is -0.364 e. The Morgan fingerprint density at radius 1 is 1.60 bits per heavy atom. The van der Waals surface area contributed by atoms with Gasteiger partial charge in [-0.15, -0.1) is 5.92 Å². The highest BCUT2D eigenvalue weighted by atomic mass is 16.1. The molecule has 1 aromatic rings. The van der Waals surface area contributed by atoms with E-state index < -0.39 is 0 Å². The van der Waals surface area contributed by atoms with Crippen molar-refractivity contribution in [2.75, 3.05) is 0 Å². The molecule has 20 heavy (non-hydrogen) atoms. The van der Waals surface area contributed by atoms with Crippen LogP contribution in [0.25, 0.3) is 5.70 Å². The van der Waals surface area contributed by atoms with Gasteiger partial charge in [-0.2, -0.15) is 0 Å². The lowest BCUT2D eigenvalue weighted by Gasteiger charge is -2.03. The number of aromatic amines is 1. The Kier molecular flexibility index (Phi) is 6.25. The third-order valence-corrected chi connectivity index (χ3v) is 2.85. The third kappa shape index (κ3) is 4.40. The number of carbonyl (C=O) groups is 1. The minimum absolute atomic E-state index is 0.173. The maximum atomic E-state index is 10.6. The van der Waals surface area contributed by atoms with Crippen molar-refractivity contribution >= 4 is 18.2 Å². The fraction of sp³-hybridized carbons (Fsp3) is 0.294. The van der Waals surface area contributed by atoms with E-state index >= 15 is 0 Å². The molecule has 1 unspecified atom stereocenters. The van der Waals surface area contributed by atoms with Gasteiger partial charge in [0.1, 0.15) is 6.29 Å². The standard InChI is InChI=1S/C17H20N2O/c1-5-7-13(3)10-17(18-6-2)15-11-16(19-12-15)14(4)8-9-20/h6,9-12,14,19H,3,8H2,1-2,4H3/b17-10-,18-6?. The summed E-state index contributed by atoms with van der Waals surface area (Å²) >= 11 is 0. The highest BCUT2D eigenvalue weighted by Gasteiger charge is 2.09. The van der Waals surface area contributed by atoms with E-state index in [1.54, 1.807) is 13.1 Å². The molecule has 1 heterocycles. The molecule has 3 heteroatoms. The van der Waals surface area contributed by atoms with Gasteiger partial charge in [-0.1, -0.05) is 19.4 Å². The Balaban J connectivity index is 3.07. The number of rotatable bonds is 6. The average molecular weight is 268 g/mol. The van der Waals surface area contributed by atoms with Gasteiger partial charge in [0.2, 0.25) is 0 Å². The summed E-state index contributed by atoms with van der Waals surface area (Å²) in [5.41, 5.74) is 3.52. The maximum Gasteiger partial charge on any atom is 0.120 e. The molecule has 0 aliphatic carbocycles. The average Bonchev–Trinajstić information content (AvgIpc) is 2.88. The van der Waals surface area contributed by atoms with E-state index in [0.29, 0.717) is 6.42 Å². The van der Waals surface area contributed by atoms with Crippen LogP contribution in [0.4, 0.5) is 0 Å². The van der Waals surface area contributed by atoms with Gasteiger partial charge in [0.15, 0.2) is 0 Å². The van der Waals surface area contributed by atoms with Crippen LogP contribution in [0.3, 0.4) is 0 Å². The van der Waals surface area contributed by atoms with Crippen molar-refractivity contribution in [2.24, 2.45) is 4.99 Å². The number of nitrogens with one attached hydrogen (secondary N) is 1. The Morgan fingerprint density at radius 2 is 2.35 bits per heavy atom. The molecule has 0 aromatic carbocycles. The fourth-order valence-electron chi connectivity index (χ4n) is 1.81. The number of carbonyl (C=O) groups excluding carboxylic acids is 1. The molecule has 0 aliphatic rings. The second-order valence-corrected chi connectivity index (χ2v) is 4.46. The van der Waals surface area contributed by atoms with Crippen LogP contribution < -0.4 is 0 Å². The van der Waals surface area contributed by atoms with Crippen molar-refractivity contribution in [1.82, 2.24) is 4.98 Å². The Labute approximate surface area is 120 Å². The number of aliphatic imine (C=N–C) groups is 1. The van der Waals surface area contributed by atoms with Gasteiger partial charge in [0.25, 0.3) is 0 Å². The predicted molar refractivity (Wildman–Crippen MR) is 84.6 cm³/mol. The van der Waals surface area contributed by atoms with E-state index in [-0.39, 0.29) is 5.92 Å². The number of allylic oxidation sites excluding steroid dienone is 2. The van der Waals surface area contributed by atoms with Crippen molar-refractivity contribution in [1.29, 1.82) is 0 Å². The number of aromatic nitrogens is 1. The van der Waals surface area contributed by atoms with Gasteiger partial charge < -0.3 is 9.78 Å². The smallest absolute Gasteiger partial charge is 0.120 e. The summed E-state index contributed by atoms with van der Waals surface area (Å²) in [7, 11) is 0. The first-order chi connectivity index (χ1) is 9.62. The van der Waals surface area contributed by atoms with E-state index in [9.17, 15) is 4.79 Å². The summed E-state index contributed by atoms with van der Waals surface area (Å²) in [6.07, 6.45) is 6.92. The molecular weight excluding hydrogens is 248 g/mol. The van der Waals surface area contributed by atoms with Crippen LogP contribution in [0.1, 0.15) is 44.4 Å². The maximum absolute atomic E-state index is 10.6. The largest absolute Gasteiger partial charge is 0.364 e. The molecule has 0 fully saturated rings. The van der Waals surface area contributed by atoms with Crippen LogP contribution in [0, 0.1) is 11.8 Å². The van der Waals surface area contributed by atoms with Gasteiger partial charge in [-0.25, -0.2) is 0 Å². The van der Waals surface area contributed by atoms with Gasteiger partial charge in [-0.3, -0.25) is 4.99 Å². The molecule has 1 aromatic heterocycles. The highest BCUT2D eigenvalue weighted by molar-refractivity contribution is 5.75. The van der Waals surface area contributed by atoms with E-state index in [0.717, 1.165) is 28.8 Å². The normalized spacial score (nSPS) is 12.8. The van der Waals surface area contributed by atoms with Gasteiger partial charge in [-0.05, 0) is 26.0 Å². The van der Waals surface area contributed by atoms with Crippen molar-refractivity contribution in [3.8, 4) is 11.8 Å². The van der Waals surface area contributed by atoms with E-state index in [1.807, 2.05) is 32.2 Å². The van der Waals surface area contributed by atoms with Crippen molar-refractivity contribution < 1.29 is 4.79 Å². The SMILES string of the molecule is C=C(C#CC)/C=C(\N=CC)c1c[nH]c(C(C)CC=O)c1. The summed E-state index contributed by atoms with van der Waals surface area (Å²) in [5.74, 6) is 5.89. The molecule has 0 bridgehead atoms. The third-order valence-electron chi connectivity index (χ3n) is 2.85. The second-order valence-electron chi connectivity index (χ2n) is 4.46. The van der Waals surface area contributed by atoms with E-state index in [2.05, 4.69) is 28.4 Å². The zero-order valence-corrected chi connectivity index (χ0v) is 12.2. The summed E-state index contributed by atoms with van der Waals surface area (Å²) in [4.78, 5) is 18.1. The molecule has 1 atom stereocenters. The number of aldehydes is 1. The van der Waals surface area contributed by atoms with Crippen LogP contribution in [0.2, 0.25) is 0 Å². The highest BCUT2D eigenvalue weighted by Crippen LogP contribution is 2.23. The zero-order chi connectivity index (χ0) is 15.0. The molecule has 0 spiro atoms. The molecule has 0 saturated heterocycles. The van der Waals surface area contributed by atoms with Crippen LogP contribution >= 0.6 is 0 Å². The summed E-state index contributed by atoms with van der Waals surface area (Å²) in [5, 5.41) is 0. The summed E-state index contributed by atoms with van der Waals surface area (Å²) in [6, 6.07) is 2.01. The summed E-state index contributed by atoms with van der Waals surface area (Å²) in [6.45, 7) is 9.54. The number of hydrogen-bond donors (Lipinski definition) is 1. The van der Waals surface area contributed by atoms with Crippen molar-refractivity contribution in [3.05, 3.63) is 41.7 Å². The molecule has 0 aliphatic heterocycles. The topological polar surface area (TPSA) is 45.2 Å². The summed E-state index contributed by atoms with van der Waals surface area (Å²) < 4.78 is 0. The fourth-order valence-corrected chi connectivity index (χ4v) is 1.81. The number of H-pyrrole nitrogens is 1. The molecule has 1 N–H and O–H groups in total. The molecule has 0 saturated carbocycles. The number of nitrogens with zero attached hydrogens (tertiary/aromatic N) is 1. The Bertz CT molecular complexity index is 594. The predicted octanol–water partition coefficient (Wildman–Crippen LogP) is 3.72. The lowest BCUT2D eigenvalue weighted by Crippen LogP contribution is -1.93. The monoisotopic (exact) mass is 268 g/mol. The van der Waals surface area contributed by atoms with Crippen LogP contribution in [0.5, 0.6) is 0 Å². The molecule has 0 amide bonds.